The Morgan fingerprint density at radius 2 is 1.94 bits per heavy atom. The van der Waals surface area contributed by atoms with Crippen LogP contribution in [0.2, 0.25) is 0 Å². The predicted octanol–water partition coefficient (Wildman–Crippen LogP) is 3.02. The van der Waals surface area contributed by atoms with Crippen LogP contribution in [0.4, 0.5) is 0 Å². The summed E-state index contributed by atoms with van der Waals surface area (Å²) in [6.45, 7) is 4.22. The van der Waals surface area contributed by atoms with E-state index >= 15 is 0 Å². The molecular formula is C15H17NO2. The van der Waals surface area contributed by atoms with Crippen molar-refractivity contribution in [1.82, 2.24) is 4.98 Å². The molecule has 1 atom stereocenters. The van der Waals surface area contributed by atoms with Crippen LogP contribution in [0, 0.1) is 6.92 Å². The van der Waals surface area contributed by atoms with Crippen LogP contribution in [-0.2, 0) is 6.61 Å². The first kappa shape index (κ1) is 12.6. The molecule has 0 amide bonds. The molecule has 1 aromatic heterocycles. The third-order valence-corrected chi connectivity index (χ3v) is 2.76. The lowest BCUT2D eigenvalue weighted by Gasteiger charge is -2.14. The highest BCUT2D eigenvalue weighted by Gasteiger charge is 2.09. The Balaban J connectivity index is 2.14. The first-order valence-corrected chi connectivity index (χ1v) is 5.97. The summed E-state index contributed by atoms with van der Waals surface area (Å²) in [6.07, 6.45) is 2.95. The number of aliphatic hydroxyl groups excluding tert-OH is 1. The number of nitrogens with zero attached hydrogens (tertiary/aromatic N) is 1. The summed E-state index contributed by atoms with van der Waals surface area (Å²) < 4.78 is 5.75. The minimum atomic E-state index is -0.530. The zero-order valence-corrected chi connectivity index (χ0v) is 10.6. The van der Waals surface area contributed by atoms with Gasteiger partial charge in [0.25, 0.3) is 0 Å². The Kier molecular flexibility index (Phi) is 3.95. The molecule has 1 N–H and O–H groups in total. The molecule has 0 aliphatic heterocycles. The van der Waals surface area contributed by atoms with Gasteiger partial charge in [0.05, 0.1) is 6.10 Å². The van der Waals surface area contributed by atoms with Gasteiger partial charge in [-0.05, 0) is 43.7 Å². The molecule has 0 aliphatic rings. The second-order valence-corrected chi connectivity index (χ2v) is 4.36. The third-order valence-electron chi connectivity index (χ3n) is 2.76. The summed E-state index contributed by atoms with van der Waals surface area (Å²) >= 11 is 0. The minimum Gasteiger partial charge on any atom is -0.489 e. The second kappa shape index (κ2) is 5.65. The van der Waals surface area contributed by atoms with Crippen LogP contribution in [0.5, 0.6) is 5.75 Å². The van der Waals surface area contributed by atoms with Gasteiger partial charge < -0.3 is 9.84 Å². The van der Waals surface area contributed by atoms with Crippen LogP contribution in [0.15, 0.2) is 42.7 Å². The average Bonchev–Trinajstić information content (AvgIpc) is 2.38. The van der Waals surface area contributed by atoms with Gasteiger partial charge >= 0.3 is 0 Å². The van der Waals surface area contributed by atoms with Gasteiger partial charge in [0, 0.05) is 18.0 Å². The molecule has 94 valence electrons. The largest absolute Gasteiger partial charge is 0.489 e. The van der Waals surface area contributed by atoms with Crippen LogP contribution in [0.25, 0.3) is 0 Å². The van der Waals surface area contributed by atoms with E-state index in [0.717, 1.165) is 22.4 Å². The monoisotopic (exact) mass is 243 g/mol. The van der Waals surface area contributed by atoms with Crippen molar-refractivity contribution in [2.45, 2.75) is 26.6 Å². The number of pyridine rings is 1. The summed E-state index contributed by atoms with van der Waals surface area (Å²) in [5.41, 5.74) is 2.99. The molecule has 0 aliphatic carbocycles. The number of rotatable bonds is 4. The van der Waals surface area contributed by atoms with E-state index < -0.39 is 6.10 Å². The van der Waals surface area contributed by atoms with Crippen molar-refractivity contribution in [3.8, 4) is 5.75 Å². The highest BCUT2D eigenvalue weighted by Crippen LogP contribution is 2.26. The number of aliphatic hydroxyl groups is 1. The lowest BCUT2D eigenvalue weighted by atomic mass is 10.1. The molecule has 0 spiro atoms. The first-order chi connectivity index (χ1) is 8.66. The van der Waals surface area contributed by atoms with E-state index in [1.54, 1.807) is 19.3 Å². The zero-order valence-electron chi connectivity index (χ0n) is 10.6. The van der Waals surface area contributed by atoms with Crippen molar-refractivity contribution in [3.05, 3.63) is 59.4 Å². The minimum absolute atomic E-state index is 0.477. The molecule has 0 bridgehead atoms. The fourth-order valence-electron chi connectivity index (χ4n) is 1.77. The standard InChI is InChI=1S/C15H17NO2/c1-11-3-4-15(14(9-11)12(2)17)18-10-13-5-7-16-8-6-13/h3-9,12,17H,10H2,1-2H3/t12-/m1/s1. The van der Waals surface area contributed by atoms with Crippen LogP contribution >= 0.6 is 0 Å². The number of benzene rings is 1. The molecule has 0 saturated heterocycles. The fourth-order valence-corrected chi connectivity index (χ4v) is 1.77. The molecule has 0 saturated carbocycles. The zero-order chi connectivity index (χ0) is 13.0. The van der Waals surface area contributed by atoms with E-state index in [0.29, 0.717) is 6.61 Å². The maximum absolute atomic E-state index is 9.74. The van der Waals surface area contributed by atoms with Crippen molar-refractivity contribution in [2.75, 3.05) is 0 Å². The van der Waals surface area contributed by atoms with E-state index in [4.69, 9.17) is 4.74 Å². The van der Waals surface area contributed by atoms with Crippen molar-refractivity contribution >= 4 is 0 Å². The molecule has 3 nitrogen and oxygen atoms in total. The van der Waals surface area contributed by atoms with Gasteiger partial charge in [0.15, 0.2) is 0 Å². The lowest BCUT2D eigenvalue weighted by molar-refractivity contribution is 0.190. The van der Waals surface area contributed by atoms with Crippen molar-refractivity contribution in [3.63, 3.8) is 0 Å². The molecule has 1 heterocycles. The Morgan fingerprint density at radius 3 is 2.61 bits per heavy atom. The average molecular weight is 243 g/mol. The molecule has 18 heavy (non-hydrogen) atoms. The molecule has 2 rings (SSSR count). The Morgan fingerprint density at radius 1 is 1.22 bits per heavy atom. The highest BCUT2D eigenvalue weighted by molar-refractivity contribution is 5.38. The van der Waals surface area contributed by atoms with Crippen LogP contribution in [0.3, 0.4) is 0 Å². The Bertz CT molecular complexity index is 509. The number of hydrogen-bond acceptors (Lipinski definition) is 3. The lowest BCUT2D eigenvalue weighted by Crippen LogP contribution is -2.01. The van der Waals surface area contributed by atoms with E-state index in [1.807, 2.05) is 37.3 Å². The number of ether oxygens (including phenoxy) is 1. The number of aryl methyl sites for hydroxylation is 1. The quantitative estimate of drug-likeness (QED) is 0.897. The van der Waals surface area contributed by atoms with Gasteiger partial charge in [-0.1, -0.05) is 11.6 Å². The van der Waals surface area contributed by atoms with Crippen LogP contribution in [-0.4, -0.2) is 10.1 Å². The van der Waals surface area contributed by atoms with Gasteiger partial charge in [0.2, 0.25) is 0 Å². The summed E-state index contributed by atoms with van der Waals surface area (Å²) in [6, 6.07) is 9.66. The number of aromatic nitrogens is 1. The van der Waals surface area contributed by atoms with Gasteiger partial charge in [0.1, 0.15) is 12.4 Å². The maximum atomic E-state index is 9.74. The van der Waals surface area contributed by atoms with Gasteiger partial charge in [-0.2, -0.15) is 0 Å². The molecule has 0 fully saturated rings. The van der Waals surface area contributed by atoms with E-state index in [-0.39, 0.29) is 0 Å². The predicted molar refractivity (Wildman–Crippen MR) is 70.4 cm³/mol. The van der Waals surface area contributed by atoms with E-state index in [1.165, 1.54) is 0 Å². The molecule has 2 aromatic rings. The summed E-state index contributed by atoms with van der Waals surface area (Å²) in [5.74, 6) is 0.729. The maximum Gasteiger partial charge on any atom is 0.125 e. The van der Waals surface area contributed by atoms with Crippen molar-refractivity contribution in [1.29, 1.82) is 0 Å². The fraction of sp³-hybridized carbons (Fsp3) is 0.267. The van der Waals surface area contributed by atoms with Crippen LogP contribution in [0.1, 0.15) is 29.7 Å². The second-order valence-electron chi connectivity index (χ2n) is 4.36. The smallest absolute Gasteiger partial charge is 0.125 e. The first-order valence-electron chi connectivity index (χ1n) is 5.97. The normalized spacial score (nSPS) is 12.2. The molecular weight excluding hydrogens is 226 g/mol. The van der Waals surface area contributed by atoms with Gasteiger partial charge in [-0.3, -0.25) is 4.98 Å². The Hall–Kier alpha value is -1.87. The third kappa shape index (κ3) is 3.08. The van der Waals surface area contributed by atoms with Crippen LogP contribution < -0.4 is 4.74 Å². The number of hydrogen-bond donors (Lipinski definition) is 1. The topological polar surface area (TPSA) is 42.4 Å². The van der Waals surface area contributed by atoms with Crippen molar-refractivity contribution in [2.24, 2.45) is 0 Å². The van der Waals surface area contributed by atoms with E-state index in [2.05, 4.69) is 4.98 Å². The SMILES string of the molecule is Cc1ccc(OCc2ccncc2)c([C@@H](C)O)c1. The van der Waals surface area contributed by atoms with Gasteiger partial charge in [-0.25, -0.2) is 0 Å². The van der Waals surface area contributed by atoms with Gasteiger partial charge in [-0.15, -0.1) is 0 Å². The molecule has 3 heteroatoms. The summed E-state index contributed by atoms with van der Waals surface area (Å²) in [7, 11) is 0. The molecule has 0 unspecified atom stereocenters. The van der Waals surface area contributed by atoms with Crippen molar-refractivity contribution < 1.29 is 9.84 Å². The highest BCUT2D eigenvalue weighted by atomic mass is 16.5. The summed E-state index contributed by atoms with van der Waals surface area (Å²) in [4.78, 5) is 3.96. The van der Waals surface area contributed by atoms with E-state index in [9.17, 15) is 5.11 Å². The molecule has 1 aromatic carbocycles. The molecule has 0 radical (unpaired) electrons. The Labute approximate surface area is 107 Å². The summed E-state index contributed by atoms with van der Waals surface area (Å²) in [5, 5.41) is 9.74.